The van der Waals surface area contributed by atoms with Crippen molar-refractivity contribution in [2.24, 2.45) is 7.05 Å². The van der Waals surface area contributed by atoms with Crippen LogP contribution in [0.4, 0.5) is 10.6 Å². The van der Waals surface area contributed by atoms with Gasteiger partial charge < -0.3 is 15.2 Å². The molecule has 3 aromatic rings. The molecule has 0 aliphatic heterocycles. The van der Waals surface area contributed by atoms with Crippen LogP contribution in [0.5, 0.6) is 0 Å². The Hall–Kier alpha value is -4.14. The van der Waals surface area contributed by atoms with Crippen LogP contribution in [-0.4, -0.2) is 45.0 Å². The van der Waals surface area contributed by atoms with Gasteiger partial charge in [0.25, 0.3) is 5.91 Å². The van der Waals surface area contributed by atoms with E-state index in [1.807, 2.05) is 36.4 Å². The molecule has 2 aliphatic rings. The summed E-state index contributed by atoms with van der Waals surface area (Å²) in [6.45, 7) is 0.164. The number of benzene rings is 2. The molecule has 2 aliphatic carbocycles. The zero-order valence-electron chi connectivity index (χ0n) is 19.3. The van der Waals surface area contributed by atoms with Crippen molar-refractivity contribution < 1.29 is 24.2 Å². The SMILES string of the molecule is Cn1nc(NC(=O)OCC2c3ccccc3-c3ccccc32)cc1C(=O)NC1(CC(=O)O)CCC1. The maximum absolute atomic E-state index is 12.8. The number of hydrogen-bond donors (Lipinski definition) is 3. The van der Waals surface area contributed by atoms with Gasteiger partial charge in [0.05, 0.1) is 12.0 Å². The van der Waals surface area contributed by atoms with Crippen LogP contribution in [0.15, 0.2) is 54.6 Å². The van der Waals surface area contributed by atoms with Gasteiger partial charge in [-0.2, -0.15) is 5.10 Å². The number of carbonyl (C=O) groups is 3. The van der Waals surface area contributed by atoms with Gasteiger partial charge in [-0.1, -0.05) is 48.5 Å². The highest BCUT2D eigenvalue weighted by molar-refractivity contribution is 5.95. The topological polar surface area (TPSA) is 123 Å². The van der Waals surface area contributed by atoms with E-state index < -0.39 is 23.5 Å². The molecule has 0 bridgehead atoms. The lowest BCUT2D eigenvalue weighted by molar-refractivity contribution is -0.139. The van der Waals surface area contributed by atoms with E-state index in [-0.39, 0.29) is 30.5 Å². The van der Waals surface area contributed by atoms with Crippen molar-refractivity contribution >= 4 is 23.8 Å². The molecule has 5 rings (SSSR count). The van der Waals surface area contributed by atoms with Crippen LogP contribution in [0.2, 0.25) is 0 Å². The van der Waals surface area contributed by atoms with E-state index in [0.717, 1.165) is 28.7 Å². The third kappa shape index (κ3) is 4.37. The Bertz CT molecular complexity index is 1270. The lowest BCUT2D eigenvalue weighted by Gasteiger charge is -2.41. The minimum absolute atomic E-state index is 0.0638. The molecule has 1 heterocycles. The first-order valence-corrected chi connectivity index (χ1v) is 11.6. The van der Waals surface area contributed by atoms with E-state index in [2.05, 4.69) is 27.9 Å². The maximum Gasteiger partial charge on any atom is 0.412 e. The molecule has 9 heteroatoms. The zero-order valence-corrected chi connectivity index (χ0v) is 19.3. The average Bonchev–Trinajstić information content (AvgIpc) is 3.33. The smallest absolute Gasteiger partial charge is 0.412 e. The van der Waals surface area contributed by atoms with Gasteiger partial charge in [0.2, 0.25) is 0 Å². The maximum atomic E-state index is 12.8. The second-order valence-corrected chi connectivity index (χ2v) is 9.15. The van der Waals surface area contributed by atoms with Crippen molar-refractivity contribution in [1.82, 2.24) is 15.1 Å². The monoisotopic (exact) mass is 474 g/mol. The summed E-state index contributed by atoms with van der Waals surface area (Å²) in [5, 5.41) is 18.8. The van der Waals surface area contributed by atoms with E-state index in [9.17, 15) is 14.4 Å². The summed E-state index contributed by atoms with van der Waals surface area (Å²) in [5.41, 5.74) is 4.01. The normalized spacial score (nSPS) is 15.5. The quantitative estimate of drug-likeness (QED) is 0.477. The zero-order chi connectivity index (χ0) is 24.6. The lowest BCUT2D eigenvalue weighted by Crippen LogP contribution is -2.54. The second kappa shape index (κ2) is 8.90. The van der Waals surface area contributed by atoms with Gasteiger partial charge in [-0.15, -0.1) is 0 Å². The number of aromatic nitrogens is 2. The molecule has 0 spiro atoms. The van der Waals surface area contributed by atoms with Crippen molar-refractivity contribution in [3.05, 3.63) is 71.4 Å². The number of carbonyl (C=O) groups excluding carboxylic acids is 2. The van der Waals surface area contributed by atoms with Crippen molar-refractivity contribution in [2.45, 2.75) is 37.1 Å². The molecule has 35 heavy (non-hydrogen) atoms. The largest absolute Gasteiger partial charge is 0.481 e. The summed E-state index contributed by atoms with van der Waals surface area (Å²) in [6.07, 6.45) is 1.31. The summed E-state index contributed by atoms with van der Waals surface area (Å²) in [5.74, 6) is -1.27. The highest BCUT2D eigenvalue weighted by Gasteiger charge is 2.41. The summed E-state index contributed by atoms with van der Waals surface area (Å²) < 4.78 is 6.89. The van der Waals surface area contributed by atoms with Crippen LogP contribution in [0, 0.1) is 0 Å². The molecule has 3 N–H and O–H groups in total. The molecule has 180 valence electrons. The molecule has 9 nitrogen and oxygen atoms in total. The summed E-state index contributed by atoms with van der Waals surface area (Å²) in [6, 6.07) is 17.6. The number of anilines is 1. The molecule has 2 amide bonds. The fraction of sp³-hybridized carbons (Fsp3) is 0.308. The summed E-state index contributed by atoms with van der Waals surface area (Å²) >= 11 is 0. The summed E-state index contributed by atoms with van der Waals surface area (Å²) in [4.78, 5) is 36.5. The second-order valence-electron chi connectivity index (χ2n) is 9.15. The van der Waals surface area contributed by atoms with Gasteiger partial charge in [-0.25, -0.2) is 4.79 Å². The van der Waals surface area contributed by atoms with Crippen molar-refractivity contribution in [3.8, 4) is 11.1 Å². The Morgan fingerprint density at radius 2 is 1.71 bits per heavy atom. The molecule has 2 aromatic carbocycles. The molecular weight excluding hydrogens is 448 g/mol. The predicted molar refractivity (Wildman–Crippen MR) is 128 cm³/mol. The number of rotatable bonds is 7. The van der Waals surface area contributed by atoms with E-state index in [0.29, 0.717) is 12.8 Å². The van der Waals surface area contributed by atoms with E-state index >= 15 is 0 Å². The highest BCUT2D eigenvalue weighted by atomic mass is 16.5. The lowest BCUT2D eigenvalue weighted by atomic mass is 9.74. The minimum Gasteiger partial charge on any atom is -0.481 e. The molecular formula is C26H26N4O5. The van der Waals surface area contributed by atoms with Crippen molar-refractivity contribution in [3.63, 3.8) is 0 Å². The molecule has 0 atom stereocenters. The van der Waals surface area contributed by atoms with Crippen LogP contribution in [0.3, 0.4) is 0 Å². The van der Waals surface area contributed by atoms with Crippen LogP contribution in [0.1, 0.15) is 53.2 Å². The Labute approximate surface area is 202 Å². The average molecular weight is 475 g/mol. The predicted octanol–water partition coefficient (Wildman–Crippen LogP) is 3.91. The fourth-order valence-electron chi connectivity index (χ4n) is 5.02. The number of hydrogen-bond acceptors (Lipinski definition) is 5. The third-order valence-corrected chi connectivity index (χ3v) is 6.87. The number of aliphatic carboxylic acids is 1. The standard InChI is InChI=1S/C26H26N4O5/c1-30-21(24(33)28-26(11-6-12-26)14-23(31)32)13-22(29-30)27-25(34)35-15-20-18-9-4-2-7-16(18)17-8-3-5-10-19(17)20/h2-5,7-10,13,20H,6,11-12,14-15H2,1H3,(H,28,33)(H,31,32)(H,27,29,34). The van der Waals surface area contributed by atoms with Gasteiger partial charge in [-0.05, 0) is 41.5 Å². The number of nitrogens with one attached hydrogen (secondary N) is 2. The van der Waals surface area contributed by atoms with E-state index in [1.165, 1.54) is 10.7 Å². The van der Waals surface area contributed by atoms with Crippen molar-refractivity contribution in [1.29, 1.82) is 0 Å². The first kappa shape index (κ1) is 22.6. The molecule has 1 saturated carbocycles. The Kier molecular flexibility index (Phi) is 5.76. The van der Waals surface area contributed by atoms with Gasteiger partial charge in [0, 0.05) is 19.0 Å². The van der Waals surface area contributed by atoms with Gasteiger partial charge in [-0.3, -0.25) is 19.6 Å². The van der Waals surface area contributed by atoms with Gasteiger partial charge in [0.1, 0.15) is 12.3 Å². The molecule has 0 unspecified atom stereocenters. The number of amides is 2. The molecule has 0 saturated heterocycles. The Morgan fingerprint density at radius 3 is 2.29 bits per heavy atom. The fourth-order valence-corrected chi connectivity index (χ4v) is 5.02. The first-order valence-electron chi connectivity index (χ1n) is 11.6. The third-order valence-electron chi connectivity index (χ3n) is 6.87. The minimum atomic E-state index is -0.951. The van der Waals surface area contributed by atoms with E-state index in [4.69, 9.17) is 9.84 Å². The number of nitrogens with zero attached hydrogens (tertiary/aromatic N) is 2. The Balaban J connectivity index is 1.23. The van der Waals surface area contributed by atoms with Crippen LogP contribution >= 0.6 is 0 Å². The molecule has 0 radical (unpaired) electrons. The number of aryl methyl sites for hydroxylation is 1. The van der Waals surface area contributed by atoms with E-state index in [1.54, 1.807) is 7.05 Å². The summed E-state index contributed by atoms with van der Waals surface area (Å²) in [7, 11) is 1.59. The molecule has 1 fully saturated rings. The van der Waals surface area contributed by atoms with Crippen LogP contribution in [-0.2, 0) is 16.6 Å². The number of carboxylic acid groups (broad SMARTS) is 1. The Morgan fingerprint density at radius 1 is 1.09 bits per heavy atom. The number of carboxylic acids is 1. The van der Waals surface area contributed by atoms with Crippen LogP contribution < -0.4 is 10.6 Å². The van der Waals surface area contributed by atoms with Crippen molar-refractivity contribution in [2.75, 3.05) is 11.9 Å². The first-order chi connectivity index (χ1) is 16.8. The molecule has 1 aromatic heterocycles. The van der Waals surface area contributed by atoms with Gasteiger partial charge >= 0.3 is 12.1 Å². The number of fused-ring (bicyclic) bond motifs is 3. The van der Waals surface area contributed by atoms with Gasteiger partial charge in [0.15, 0.2) is 5.82 Å². The highest BCUT2D eigenvalue weighted by Crippen LogP contribution is 2.44. The number of ether oxygens (including phenoxy) is 1. The van der Waals surface area contributed by atoms with Crippen LogP contribution in [0.25, 0.3) is 11.1 Å².